The molecule has 1 N–H and O–H groups in total. The van der Waals surface area contributed by atoms with E-state index < -0.39 is 5.92 Å². The molecule has 0 aliphatic heterocycles. The number of nitrogens with zero attached hydrogens (tertiary/aromatic N) is 4. The predicted octanol–water partition coefficient (Wildman–Crippen LogP) is 4.34. The van der Waals surface area contributed by atoms with Gasteiger partial charge < -0.3 is 10.2 Å². The lowest BCUT2D eigenvalue weighted by molar-refractivity contribution is -0.121. The molecule has 1 aromatic carbocycles. The fourth-order valence-electron chi connectivity index (χ4n) is 3.17. The highest BCUT2D eigenvalue weighted by atomic mass is 16.1. The molecular formula is C23H31N5O. The van der Waals surface area contributed by atoms with Gasteiger partial charge in [-0.3, -0.25) is 4.79 Å². The summed E-state index contributed by atoms with van der Waals surface area (Å²) in [6.07, 6.45) is 6.96. The number of benzene rings is 1. The first-order valence-corrected chi connectivity index (χ1v) is 10.5. The minimum Gasteiger partial charge on any atom is -0.355 e. The number of fused-ring (bicyclic) bond motifs is 1. The Balaban J connectivity index is 2.53. The molecular weight excluding hydrogens is 362 g/mol. The van der Waals surface area contributed by atoms with Gasteiger partial charge in [-0.2, -0.15) is 5.26 Å². The van der Waals surface area contributed by atoms with Gasteiger partial charge in [0.15, 0.2) is 11.7 Å². The first-order valence-electron chi connectivity index (χ1n) is 10.5. The molecule has 0 aliphatic carbocycles. The van der Waals surface area contributed by atoms with E-state index >= 15 is 0 Å². The van der Waals surface area contributed by atoms with Crippen LogP contribution in [0, 0.1) is 11.3 Å². The Morgan fingerprint density at radius 3 is 2.45 bits per heavy atom. The molecule has 1 aromatic heterocycles. The van der Waals surface area contributed by atoms with Crippen molar-refractivity contribution in [1.82, 2.24) is 15.3 Å². The van der Waals surface area contributed by atoms with Gasteiger partial charge in [-0.1, -0.05) is 51.3 Å². The number of nitriles is 1. The number of hydrogen-bond acceptors (Lipinski definition) is 5. The Morgan fingerprint density at radius 2 is 1.83 bits per heavy atom. The summed E-state index contributed by atoms with van der Waals surface area (Å²) in [6.45, 7) is 9.91. The number of rotatable bonds is 12. The molecule has 29 heavy (non-hydrogen) atoms. The smallest absolute Gasteiger partial charge is 0.243 e. The lowest BCUT2D eigenvalue weighted by Gasteiger charge is -2.27. The van der Waals surface area contributed by atoms with Crippen LogP contribution in [0.5, 0.6) is 0 Å². The molecule has 0 bridgehead atoms. The minimum atomic E-state index is -1.02. The summed E-state index contributed by atoms with van der Waals surface area (Å²) < 4.78 is 0. The van der Waals surface area contributed by atoms with Crippen LogP contribution in [-0.4, -0.2) is 35.5 Å². The van der Waals surface area contributed by atoms with Gasteiger partial charge in [0, 0.05) is 19.6 Å². The third-order valence-corrected chi connectivity index (χ3v) is 4.78. The number of nitrogens with one attached hydrogen (secondary N) is 1. The van der Waals surface area contributed by atoms with E-state index in [0.29, 0.717) is 23.6 Å². The molecule has 0 saturated carbocycles. The maximum atomic E-state index is 12.7. The second-order valence-corrected chi connectivity index (χ2v) is 7.06. The molecule has 1 heterocycles. The van der Waals surface area contributed by atoms with Gasteiger partial charge in [0.25, 0.3) is 0 Å². The third kappa shape index (κ3) is 6.02. The van der Waals surface area contributed by atoms with Crippen molar-refractivity contribution in [2.45, 2.75) is 51.9 Å². The first kappa shape index (κ1) is 22.4. The van der Waals surface area contributed by atoms with Crippen molar-refractivity contribution >= 4 is 22.8 Å². The fourth-order valence-corrected chi connectivity index (χ4v) is 3.17. The highest BCUT2D eigenvalue weighted by Crippen LogP contribution is 2.28. The number of amides is 1. The van der Waals surface area contributed by atoms with Gasteiger partial charge in [-0.15, -0.1) is 6.58 Å². The summed E-state index contributed by atoms with van der Waals surface area (Å²) in [5, 5.41) is 12.5. The summed E-state index contributed by atoms with van der Waals surface area (Å²) in [5.41, 5.74) is 1.89. The summed E-state index contributed by atoms with van der Waals surface area (Å²) in [4.78, 5) is 24.4. The zero-order valence-corrected chi connectivity index (χ0v) is 17.5. The van der Waals surface area contributed by atoms with Crippen molar-refractivity contribution in [3.05, 3.63) is 42.6 Å². The molecule has 6 heteroatoms. The number of aromatic nitrogens is 2. The van der Waals surface area contributed by atoms with Crippen LogP contribution in [0.4, 0.5) is 5.82 Å². The molecule has 6 nitrogen and oxygen atoms in total. The van der Waals surface area contributed by atoms with Crippen molar-refractivity contribution in [2.24, 2.45) is 0 Å². The van der Waals surface area contributed by atoms with Gasteiger partial charge >= 0.3 is 0 Å². The van der Waals surface area contributed by atoms with Crippen LogP contribution in [0.25, 0.3) is 11.0 Å². The number of carbonyl (C=O) groups excluding carboxylic acids is 1. The zero-order valence-electron chi connectivity index (χ0n) is 17.5. The van der Waals surface area contributed by atoms with Crippen LogP contribution in [-0.2, 0) is 4.79 Å². The Hall–Kier alpha value is -2.94. The molecule has 0 radical (unpaired) electrons. The lowest BCUT2D eigenvalue weighted by atomic mass is 10.0. The quantitative estimate of drug-likeness (QED) is 0.428. The number of para-hydroxylation sites is 2. The molecule has 1 atom stereocenters. The number of hydrogen-bond donors (Lipinski definition) is 1. The normalized spacial score (nSPS) is 11.6. The number of anilines is 1. The molecule has 1 unspecified atom stereocenters. The largest absolute Gasteiger partial charge is 0.355 e. The Bertz CT molecular complexity index is 858. The van der Waals surface area contributed by atoms with Gasteiger partial charge in [-0.05, 0) is 25.0 Å². The van der Waals surface area contributed by atoms with Crippen molar-refractivity contribution in [3.63, 3.8) is 0 Å². The Kier molecular flexibility index (Phi) is 9.10. The van der Waals surface area contributed by atoms with E-state index in [-0.39, 0.29) is 5.91 Å². The highest BCUT2D eigenvalue weighted by Gasteiger charge is 2.28. The molecule has 1 amide bonds. The maximum Gasteiger partial charge on any atom is 0.243 e. The van der Waals surface area contributed by atoms with Crippen molar-refractivity contribution in [2.75, 3.05) is 24.5 Å². The number of unbranched alkanes of at least 4 members (excludes halogenated alkanes) is 3. The Labute approximate surface area is 173 Å². The van der Waals surface area contributed by atoms with E-state index in [0.717, 1.165) is 50.7 Å². The second kappa shape index (κ2) is 11.8. The van der Waals surface area contributed by atoms with E-state index in [1.165, 1.54) is 0 Å². The number of carbonyl (C=O) groups is 1. The topological polar surface area (TPSA) is 81.9 Å². The molecule has 0 aliphatic rings. The first-order chi connectivity index (χ1) is 14.2. The van der Waals surface area contributed by atoms with Crippen LogP contribution >= 0.6 is 0 Å². The Morgan fingerprint density at radius 1 is 1.17 bits per heavy atom. The van der Waals surface area contributed by atoms with Crippen LogP contribution in [0.3, 0.4) is 0 Å². The summed E-state index contributed by atoms with van der Waals surface area (Å²) in [5.74, 6) is -0.742. The molecule has 0 spiro atoms. The zero-order chi connectivity index (χ0) is 21.1. The molecule has 2 aromatic rings. The average molecular weight is 394 g/mol. The van der Waals surface area contributed by atoms with Crippen molar-refractivity contribution in [1.29, 1.82) is 5.26 Å². The summed E-state index contributed by atoms with van der Waals surface area (Å²) in [7, 11) is 0. The fraction of sp³-hybridized carbons (Fsp3) is 0.478. The van der Waals surface area contributed by atoms with Crippen LogP contribution in [0.15, 0.2) is 36.9 Å². The monoisotopic (exact) mass is 393 g/mol. The van der Waals surface area contributed by atoms with Crippen molar-refractivity contribution in [3.8, 4) is 6.07 Å². The summed E-state index contributed by atoms with van der Waals surface area (Å²) in [6, 6.07) is 9.72. The lowest BCUT2D eigenvalue weighted by Crippen LogP contribution is -2.33. The van der Waals surface area contributed by atoms with E-state index in [9.17, 15) is 10.1 Å². The van der Waals surface area contributed by atoms with Crippen molar-refractivity contribution < 1.29 is 4.79 Å². The second-order valence-electron chi connectivity index (χ2n) is 7.06. The standard InChI is InChI=1S/C23H31N5O/c1-4-7-11-16-28(15-8-5-2)22-21(18(17-24)23(29)25-14-6-3)26-19-12-9-10-13-20(19)27-22/h6,9-10,12-13,18H,3-5,7-8,11,14-16H2,1-2H3,(H,25,29). The molecule has 154 valence electrons. The van der Waals surface area contributed by atoms with Crippen LogP contribution < -0.4 is 10.2 Å². The molecule has 0 saturated heterocycles. The SMILES string of the molecule is C=CCNC(=O)C(C#N)c1nc2ccccc2nc1N(CCCC)CCCCC. The highest BCUT2D eigenvalue weighted by molar-refractivity contribution is 5.88. The third-order valence-electron chi connectivity index (χ3n) is 4.78. The molecule has 2 rings (SSSR count). The van der Waals surface area contributed by atoms with Crippen LogP contribution in [0.2, 0.25) is 0 Å². The van der Waals surface area contributed by atoms with E-state index in [2.05, 4.69) is 36.7 Å². The van der Waals surface area contributed by atoms with Gasteiger partial charge in [-0.25, -0.2) is 9.97 Å². The minimum absolute atomic E-state index is 0.309. The predicted molar refractivity (Wildman–Crippen MR) is 118 cm³/mol. The average Bonchev–Trinajstić information content (AvgIpc) is 2.74. The van der Waals surface area contributed by atoms with E-state index in [4.69, 9.17) is 9.97 Å². The van der Waals surface area contributed by atoms with Gasteiger partial charge in [0.1, 0.15) is 5.69 Å². The summed E-state index contributed by atoms with van der Waals surface area (Å²) >= 11 is 0. The van der Waals surface area contributed by atoms with Gasteiger partial charge in [0.05, 0.1) is 17.1 Å². The van der Waals surface area contributed by atoms with E-state index in [1.807, 2.05) is 24.3 Å². The van der Waals surface area contributed by atoms with Crippen LogP contribution in [0.1, 0.15) is 57.6 Å². The van der Waals surface area contributed by atoms with E-state index in [1.54, 1.807) is 6.08 Å². The van der Waals surface area contributed by atoms with Gasteiger partial charge in [0.2, 0.25) is 5.91 Å². The maximum absolute atomic E-state index is 12.7. The molecule has 0 fully saturated rings.